The fourth-order valence-corrected chi connectivity index (χ4v) is 7.55. The molecule has 2 unspecified atom stereocenters. The molecule has 36 heavy (non-hydrogen) atoms. The summed E-state index contributed by atoms with van der Waals surface area (Å²) >= 11 is 0. The first kappa shape index (κ1) is 24.0. The molecule has 4 N–H and O–H groups in total. The third-order valence-electron chi connectivity index (χ3n) is 9.56. The number of pyridine rings is 1. The van der Waals surface area contributed by atoms with E-state index in [0.29, 0.717) is 31.3 Å². The SMILES string of the molecule is CN(C)[C@H]1C[C@]2(O)CCC3=C(C=C2[C@@H](O)[C@@H]1O)C(O)C[C@]1(C)C(c2ccc4ccncc4c2)=CCC31. The van der Waals surface area contributed by atoms with Gasteiger partial charge in [0.15, 0.2) is 0 Å². The van der Waals surface area contributed by atoms with Crippen LogP contribution in [0.2, 0.25) is 0 Å². The molecule has 0 amide bonds. The van der Waals surface area contributed by atoms with Gasteiger partial charge in [-0.15, -0.1) is 0 Å². The van der Waals surface area contributed by atoms with Crippen LogP contribution in [-0.2, 0) is 0 Å². The van der Waals surface area contributed by atoms with Gasteiger partial charge in [0, 0.05) is 29.2 Å². The molecule has 1 aromatic carbocycles. The Balaban J connectivity index is 1.38. The van der Waals surface area contributed by atoms with E-state index in [1.807, 2.05) is 43.5 Å². The second-order valence-corrected chi connectivity index (χ2v) is 11.8. The Labute approximate surface area is 212 Å². The van der Waals surface area contributed by atoms with Crippen LogP contribution in [0.5, 0.6) is 0 Å². The summed E-state index contributed by atoms with van der Waals surface area (Å²) in [6.45, 7) is 2.26. The lowest BCUT2D eigenvalue weighted by Crippen LogP contribution is -2.58. The Bertz CT molecular complexity index is 1310. The highest BCUT2D eigenvalue weighted by atomic mass is 16.3. The summed E-state index contributed by atoms with van der Waals surface area (Å²) in [5, 5.41) is 47.3. The fourth-order valence-electron chi connectivity index (χ4n) is 7.55. The van der Waals surface area contributed by atoms with Gasteiger partial charge in [-0.05, 0) is 91.9 Å². The molecule has 6 heteroatoms. The Morgan fingerprint density at radius 3 is 2.64 bits per heavy atom. The van der Waals surface area contributed by atoms with Crippen molar-refractivity contribution in [2.45, 2.75) is 69.0 Å². The van der Waals surface area contributed by atoms with E-state index < -0.39 is 23.9 Å². The standard InChI is InChI=1S/C30H36N2O4/c1-29-15-26(33)21-13-24-27(34)28(35)25(32(2)3)14-30(24,36)10-8-20(21)23(29)7-6-22(29)18-5-4-17-9-11-31-16-19(17)12-18/h4-6,9,11-13,16,23,25-28,33-36H,7-8,10,14-15H2,1-3H3/t23?,25-,26?,27+,28+,29+,30+/m0/s1. The third-order valence-corrected chi connectivity index (χ3v) is 9.56. The molecule has 2 aromatic rings. The monoisotopic (exact) mass is 488 g/mol. The molecule has 0 radical (unpaired) electrons. The van der Waals surface area contributed by atoms with E-state index in [4.69, 9.17) is 0 Å². The van der Waals surface area contributed by atoms with Crippen LogP contribution < -0.4 is 0 Å². The van der Waals surface area contributed by atoms with E-state index >= 15 is 0 Å². The van der Waals surface area contributed by atoms with Crippen molar-refractivity contribution in [2.75, 3.05) is 14.1 Å². The van der Waals surface area contributed by atoms with E-state index in [1.165, 1.54) is 16.7 Å². The number of benzene rings is 1. The average molecular weight is 489 g/mol. The molecular weight excluding hydrogens is 452 g/mol. The van der Waals surface area contributed by atoms with Crippen molar-refractivity contribution >= 4 is 16.3 Å². The Morgan fingerprint density at radius 1 is 1.06 bits per heavy atom. The first-order valence-corrected chi connectivity index (χ1v) is 13.1. The molecule has 0 saturated heterocycles. The zero-order chi connectivity index (χ0) is 25.4. The molecule has 0 bridgehead atoms. The second kappa shape index (κ2) is 8.33. The van der Waals surface area contributed by atoms with Crippen molar-refractivity contribution in [3.8, 4) is 0 Å². The number of allylic oxidation sites excluding steroid dienone is 3. The van der Waals surface area contributed by atoms with Gasteiger partial charge in [0.25, 0.3) is 0 Å². The van der Waals surface area contributed by atoms with Crippen molar-refractivity contribution < 1.29 is 20.4 Å². The van der Waals surface area contributed by atoms with E-state index in [-0.39, 0.29) is 17.4 Å². The highest BCUT2D eigenvalue weighted by molar-refractivity contribution is 5.87. The molecule has 190 valence electrons. The number of aromatic nitrogens is 1. The normalized spacial score (nSPS) is 38.3. The van der Waals surface area contributed by atoms with Crippen molar-refractivity contribution in [2.24, 2.45) is 11.3 Å². The molecule has 6 nitrogen and oxygen atoms in total. The van der Waals surface area contributed by atoms with Gasteiger partial charge in [0.1, 0.15) is 6.10 Å². The summed E-state index contributed by atoms with van der Waals surface area (Å²) in [5.41, 5.74) is 3.46. The van der Waals surface area contributed by atoms with Gasteiger partial charge in [0.2, 0.25) is 0 Å². The molecule has 6 rings (SSSR count). The van der Waals surface area contributed by atoms with Crippen LogP contribution in [0.15, 0.2) is 65.5 Å². The Morgan fingerprint density at radius 2 is 1.86 bits per heavy atom. The summed E-state index contributed by atoms with van der Waals surface area (Å²) in [5.74, 6) is 0.225. The van der Waals surface area contributed by atoms with Crippen molar-refractivity contribution in [1.82, 2.24) is 9.88 Å². The highest BCUT2D eigenvalue weighted by Gasteiger charge is 2.53. The van der Waals surface area contributed by atoms with Gasteiger partial charge in [-0.3, -0.25) is 4.98 Å². The lowest BCUT2D eigenvalue weighted by Gasteiger charge is -2.46. The summed E-state index contributed by atoms with van der Waals surface area (Å²) in [6, 6.07) is 8.18. The third kappa shape index (κ3) is 3.46. The van der Waals surface area contributed by atoms with Crippen LogP contribution in [0.4, 0.5) is 0 Å². The van der Waals surface area contributed by atoms with Crippen molar-refractivity contribution in [3.63, 3.8) is 0 Å². The van der Waals surface area contributed by atoms with E-state index in [9.17, 15) is 20.4 Å². The lowest BCUT2D eigenvalue weighted by atomic mass is 9.61. The van der Waals surface area contributed by atoms with Gasteiger partial charge >= 0.3 is 0 Å². The van der Waals surface area contributed by atoms with Gasteiger partial charge < -0.3 is 25.3 Å². The Kier molecular flexibility index (Phi) is 5.56. The van der Waals surface area contributed by atoms with Crippen molar-refractivity contribution in [3.05, 3.63) is 71.1 Å². The number of rotatable bonds is 2. The minimum Gasteiger partial charge on any atom is -0.388 e. The molecule has 1 fully saturated rings. The summed E-state index contributed by atoms with van der Waals surface area (Å²) in [7, 11) is 3.73. The van der Waals surface area contributed by atoms with E-state index in [1.54, 1.807) is 0 Å². The molecule has 4 aliphatic rings. The number of likely N-dealkylation sites (N-methyl/N-ethyl adjacent to an activating group) is 1. The van der Waals surface area contributed by atoms with Crippen LogP contribution >= 0.6 is 0 Å². The number of hydrogen-bond acceptors (Lipinski definition) is 6. The smallest absolute Gasteiger partial charge is 0.105 e. The molecule has 0 aliphatic heterocycles. The molecule has 1 saturated carbocycles. The zero-order valence-corrected chi connectivity index (χ0v) is 21.2. The predicted molar refractivity (Wildman–Crippen MR) is 140 cm³/mol. The number of hydrogen-bond donors (Lipinski definition) is 4. The molecule has 7 atom stereocenters. The lowest BCUT2D eigenvalue weighted by molar-refractivity contribution is -0.0922. The highest BCUT2D eigenvalue weighted by Crippen LogP contribution is 2.60. The number of nitrogens with zero attached hydrogens (tertiary/aromatic N) is 2. The maximum atomic E-state index is 11.8. The van der Waals surface area contributed by atoms with Crippen LogP contribution in [-0.4, -0.2) is 74.4 Å². The number of aliphatic hydroxyl groups is 4. The van der Waals surface area contributed by atoms with E-state index in [2.05, 4.69) is 36.2 Å². The van der Waals surface area contributed by atoms with Crippen LogP contribution in [0, 0.1) is 11.3 Å². The predicted octanol–water partition coefficient (Wildman–Crippen LogP) is 3.21. The summed E-state index contributed by atoms with van der Waals surface area (Å²) in [4.78, 5) is 6.16. The average Bonchev–Trinajstić information content (AvgIpc) is 3.10. The fraction of sp³-hybridized carbons (Fsp3) is 0.500. The van der Waals surface area contributed by atoms with Gasteiger partial charge in [-0.25, -0.2) is 0 Å². The van der Waals surface area contributed by atoms with Crippen molar-refractivity contribution in [1.29, 1.82) is 0 Å². The maximum Gasteiger partial charge on any atom is 0.105 e. The minimum atomic E-state index is -1.21. The second-order valence-electron chi connectivity index (χ2n) is 11.8. The number of aliphatic hydroxyl groups excluding tert-OH is 3. The Hall–Kier alpha value is -2.35. The number of fused-ring (bicyclic) bond motifs is 4. The molecule has 0 spiro atoms. The quantitative estimate of drug-likeness (QED) is 0.518. The molecule has 4 aliphatic carbocycles. The summed E-state index contributed by atoms with van der Waals surface area (Å²) in [6.07, 6.45) is 7.97. The first-order valence-electron chi connectivity index (χ1n) is 13.1. The summed E-state index contributed by atoms with van der Waals surface area (Å²) < 4.78 is 0. The largest absolute Gasteiger partial charge is 0.388 e. The zero-order valence-electron chi connectivity index (χ0n) is 21.2. The maximum absolute atomic E-state index is 11.8. The van der Waals surface area contributed by atoms with Crippen LogP contribution in [0.1, 0.15) is 44.6 Å². The van der Waals surface area contributed by atoms with Gasteiger partial charge in [-0.1, -0.05) is 36.8 Å². The van der Waals surface area contributed by atoms with Crippen LogP contribution in [0.3, 0.4) is 0 Å². The first-order chi connectivity index (χ1) is 17.1. The molecule has 1 heterocycles. The minimum absolute atomic E-state index is 0.225. The molecule has 1 aromatic heterocycles. The van der Waals surface area contributed by atoms with Gasteiger partial charge in [0.05, 0.1) is 17.8 Å². The van der Waals surface area contributed by atoms with E-state index in [0.717, 1.165) is 22.8 Å². The molecular formula is C30H36N2O4. The van der Waals surface area contributed by atoms with Crippen LogP contribution in [0.25, 0.3) is 16.3 Å². The van der Waals surface area contributed by atoms with Gasteiger partial charge in [-0.2, -0.15) is 0 Å². The topological polar surface area (TPSA) is 97.1 Å².